The molecule has 0 heterocycles. The molecule has 4 nitrogen and oxygen atoms in total. The molecule has 0 fully saturated rings. The maximum Gasteiger partial charge on any atom is 0.273 e. The van der Waals surface area contributed by atoms with Crippen molar-refractivity contribution in [3.63, 3.8) is 0 Å². The minimum Gasteiger partial charge on any atom is -0.398 e. The highest BCUT2D eigenvalue weighted by molar-refractivity contribution is 6.50. The number of allylic oxidation sites excluding steroid dienone is 1. The molecule has 5 heteroatoms. The third-order valence-electron chi connectivity index (χ3n) is 4.72. The highest BCUT2D eigenvalue weighted by Crippen LogP contribution is 2.33. The quantitative estimate of drug-likeness (QED) is 0.473. The molecule has 134 valence electrons. The number of hydrogen-bond acceptors (Lipinski definition) is 3. The number of rotatable bonds is 3. The Morgan fingerprint density at radius 3 is 2.69 bits per heavy atom. The summed E-state index contributed by atoms with van der Waals surface area (Å²) in [6, 6.07) is 11.3. The number of hydrazone groups is 1. The Morgan fingerprint density at radius 1 is 1.19 bits per heavy atom. The van der Waals surface area contributed by atoms with E-state index in [9.17, 15) is 4.79 Å². The molecule has 0 radical (unpaired) electrons. The smallest absolute Gasteiger partial charge is 0.273 e. The topological polar surface area (TPSA) is 67.5 Å². The second-order valence-electron chi connectivity index (χ2n) is 6.57. The van der Waals surface area contributed by atoms with Gasteiger partial charge in [-0.1, -0.05) is 29.8 Å². The van der Waals surface area contributed by atoms with Crippen molar-refractivity contribution in [1.29, 1.82) is 0 Å². The first-order valence-electron chi connectivity index (χ1n) is 8.64. The Labute approximate surface area is 158 Å². The van der Waals surface area contributed by atoms with Crippen LogP contribution in [0.4, 0.5) is 5.69 Å². The second kappa shape index (κ2) is 7.75. The lowest BCUT2D eigenvalue weighted by molar-refractivity contribution is 0.0956. The molecule has 0 saturated heterocycles. The molecule has 0 unspecified atom stereocenters. The molecule has 1 amide bonds. The molecule has 0 bridgehead atoms. The lowest BCUT2D eigenvalue weighted by atomic mass is 9.98. The van der Waals surface area contributed by atoms with E-state index in [2.05, 4.69) is 36.5 Å². The molecule has 0 saturated carbocycles. The van der Waals surface area contributed by atoms with Crippen LogP contribution in [0.5, 0.6) is 0 Å². The van der Waals surface area contributed by atoms with E-state index in [1.54, 1.807) is 30.5 Å². The second-order valence-corrected chi connectivity index (χ2v) is 6.95. The molecular weight excluding hydrogens is 346 g/mol. The van der Waals surface area contributed by atoms with E-state index in [1.807, 2.05) is 0 Å². The number of carbonyl (C=O) groups excluding carboxylic acids is 1. The van der Waals surface area contributed by atoms with Crippen molar-refractivity contribution in [2.75, 3.05) is 5.73 Å². The fourth-order valence-corrected chi connectivity index (χ4v) is 3.41. The number of nitrogen functional groups attached to an aromatic ring is 1. The number of nitrogens with two attached hydrogens (primary N) is 1. The van der Waals surface area contributed by atoms with Gasteiger partial charge < -0.3 is 5.73 Å². The molecule has 3 rings (SSSR count). The first kappa shape index (κ1) is 18.2. The summed E-state index contributed by atoms with van der Waals surface area (Å²) in [5, 5.41) is 4.80. The fourth-order valence-electron chi connectivity index (χ4n) is 3.09. The summed E-state index contributed by atoms with van der Waals surface area (Å²) in [5.41, 5.74) is 14.9. The number of fused-ring (bicyclic) bond motifs is 1. The average molecular weight is 368 g/mol. The molecule has 2 aromatic carbocycles. The van der Waals surface area contributed by atoms with Gasteiger partial charge in [0, 0.05) is 5.69 Å². The van der Waals surface area contributed by atoms with Crippen LogP contribution in [0, 0.1) is 13.8 Å². The first-order chi connectivity index (χ1) is 12.5. The van der Waals surface area contributed by atoms with E-state index in [1.165, 1.54) is 16.7 Å². The van der Waals surface area contributed by atoms with Crippen LogP contribution in [-0.2, 0) is 6.42 Å². The number of benzene rings is 2. The van der Waals surface area contributed by atoms with E-state index >= 15 is 0 Å². The number of anilines is 1. The van der Waals surface area contributed by atoms with E-state index in [0.717, 1.165) is 30.4 Å². The maximum atomic E-state index is 12.2. The Balaban J connectivity index is 1.82. The van der Waals surface area contributed by atoms with Crippen LogP contribution in [0.15, 0.2) is 47.1 Å². The van der Waals surface area contributed by atoms with Crippen LogP contribution in [0.2, 0.25) is 0 Å². The fraction of sp³-hybridized carbons (Fsp3) is 0.238. The van der Waals surface area contributed by atoms with Crippen molar-refractivity contribution in [2.45, 2.75) is 33.1 Å². The molecule has 0 spiro atoms. The summed E-state index contributed by atoms with van der Waals surface area (Å²) in [6.45, 7) is 4.20. The number of halogens is 1. The molecule has 2 aromatic rings. The Morgan fingerprint density at radius 2 is 1.92 bits per heavy atom. The van der Waals surface area contributed by atoms with Gasteiger partial charge in [-0.15, -0.1) is 0 Å². The number of carbonyl (C=O) groups is 1. The van der Waals surface area contributed by atoms with Gasteiger partial charge in [-0.25, -0.2) is 5.43 Å². The standard InChI is InChI=1S/C21H22ClN3O/c1-13-10-15-6-5-7-16(20(22)18(15)11-14(13)2)12-24-25-21(26)17-8-3-4-9-19(17)23/h3-4,8-12H,5-7,23H2,1-2H3,(H,25,26)/b24-12+. The van der Waals surface area contributed by atoms with Crippen molar-refractivity contribution >= 4 is 34.4 Å². The minimum atomic E-state index is -0.337. The minimum absolute atomic E-state index is 0.337. The molecule has 0 atom stereocenters. The van der Waals surface area contributed by atoms with Gasteiger partial charge in [-0.3, -0.25) is 4.79 Å². The SMILES string of the molecule is Cc1cc2c(cc1C)C(Cl)=C(/C=N/NC(=O)c1ccccc1N)CCC2. The van der Waals surface area contributed by atoms with Crippen molar-refractivity contribution in [3.05, 3.63) is 69.8 Å². The number of nitrogens with one attached hydrogen (secondary N) is 1. The van der Waals surface area contributed by atoms with Gasteiger partial charge in [0.2, 0.25) is 0 Å². The highest BCUT2D eigenvalue weighted by atomic mass is 35.5. The summed E-state index contributed by atoms with van der Waals surface area (Å²) < 4.78 is 0. The molecule has 1 aliphatic rings. The number of para-hydroxylation sites is 1. The van der Waals surface area contributed by atoms with Crippen molar-refractivity contribution in [2.24, 2.45) is 5.10 Å². The maximum absolute atomic E-state index is 12.2. The summed E-state index contributed by atoms with van der Waals surface area (Å²) in [5.74, 6) is -0.337. The van der Waals surface area contributed by atoms with Gasteiger partial charge in [0.05, 0.1) is 16.8 Å². The van der Waals surface area contributed by atoms with Crippen LogP contribution < -0.4 is 11.2 Å². The van der Waals surface area contributed by atoms with Gasteiger partial charge in [-0.05, 0) is 79.1 Å². The van der Waals surface area contributed by atoms with Gasteiger partial charge >= 0.3 is 0 Å². The zero-order chi connectivity index (χ0) is 18.7. The van der Waals surface area contributed by atoms with Gasteiger partial charge in [0.15, 0.2) is 0 Å². The monoisotopic (exact) mass is 367 g/mol. The van der Waals surface area contributed by atoms with Crippen LogP contribution >= 0.6 is 11.6 Å². The van der Waals surface area contributed by atoms with Gasteiger partial charge in [-0.2, -0.15) is 5.10 Å². The highest BCUT2D eigenvalue weighted by Gasteiger charge is 2.16. The lowest BCUT2D eigenvalue weighted by Gasteiger charge is -2.10. The number of amides is 1. The first-order valence-corrected chi connectivity index (χ1v) is 9.02. The molecule has 26 heavy (non-hydrogen) atoms. The molecule has 1 aliphatic carbocycles. The predicted molar refractivity (Wildman–Crippen MR) is 108 cm³/mol. The molecular formula is C21H22ClN3O. The Kier molecular flexibility index (Phi) is 5.43. The van der Waals surface area contributed by atoms with Crippen molar-refractivity contribution in [3.8, 4) is 0 Å². The number of hydrogen-bond donors (Lipinski definition) is 2. The zero-order valence-electron chi connectivity index (χ0n) is 15.0. The lowest BCUT2D eigenvalue weighted by Crippen LogP contribution is -2.19. The Hall–Kier alpha value is -2.59. The largest absolute Gasteiger partial charge is 0.398 e. The number of nitrogens with zero attached hydrogens (tertiary/aromatic N) is 1. The zero-order valence-corrected chi connectivity index (χ0v) is 15.7. The predicted octanol–water partition coefficient (Wildman–Crippen LogP) is 4.59. The van der Waals surface area contributed by atoms with Gasteiger partial charge in [0.25, 0.3) is 5.91 Å². The Bertz CT molecular complexity index is 915. The van der Waals surface area contributed by atoms with E-state index < -0.39 is 0 Å². The van der Waals surface area contributed by atoms with E-state index in [0.29, 0.717) is 16.3 Å². The normalized spacial score (nSPS) is 14.3. The molecule has 0 aliphatic heterocycles. The summed E-state index contributed by atoms with van der Waals surface area (Å²) >= 11 is 6.66. The van der Waals surface area contributed by atoms with Crippen molar-refractivity contribution in [1.82, 2.24) is 5.43 Å². The summed E-state index contributed by atoms with van der Waals surface area (Å²) in [4.78, 5) is 12.2. The summed E-state index contributed by atoms with van der Waals surface area (Å²) in [6.07, 6.45) is 4.44. The average Bonchev–Trinajstić information content (AvgIpc) is 2.76. The van der Waals surface area contributed by atoms with Crippen molar-refractivity contribution < 1.29 is 4.79 Å². The van der Waals surface area contributed by atoms with Crippen LogP contribution in [0.3, 0.4) is 0 Å². The van der Waals surface area contributed by atoms with Crippen LogP contribution in [0.25, 0.3) is 5.03 Å². The van der Waals surface area contributed by atoms with Crippen LogP contribution in [-0.4, -0.2) is 12.1 Å². The van der Waals surface area contributed by atoms with Gasteiger partial charge in [0.1, 0.15) is 0 Å². The van der Waals surface area contributed by atoms with E-state index in [-0.39, 0.29) is 5.91 Å². The third kappa shape index (κ3) is 3.81. The number of aryl methyl sites for hydroxylation is 3. The molecule has 3 N–H and O–H groups in total. The van der Waals surface area contributed by atoms with E-state index in [4.69, 9.17) is 17.3 Å². The van der Waals surface area contributed by atoms with Crippen LogP contribution in [0.1, 0.15) is 45.5 Å². The molecule has 0 aromatic heterocycles. The summed E-state index contributed by atoms with van der Waals surface area (Å²) in [7, 11) is 0. The third-order valence-corrected chi connectivity index (χ3v) is 5.17.